The highest BCUT2D eigenvalue weighted by Gasteiger charge is 2.17. The Kier molecular flexibility index (Phi) is 3.60. The van der Waals surface area contributed by atoms with Gasteiger partial charge in [-0.1, -0.05) is 0 Å². The Morgan fingerprint density at radius 1 is 1.60 bits per heavy atom. The van der Waals surface area contributed by atoms with Crippen LogP contribution < -0.4 is 5.32 Å². The van der Waals surface area contributed by atoms with Crippen LogP contribution in [0.2, 0.25) is 0 Å². The van der Waals surface area contributed by atoms with Crippen LogP contribution in [0.3, 0.4) is 0 Å². The van der Waals surface area contributed by atoms with Crippen molar-refractivity contribution in [3.8, 4) is 0 Å². The van der Waals surface area contributed by atoms with Crippen molar-refractivity contribution in [3.05, 3.63) is 6.33 Å². The van der Waals surface area contributed by atoms with Crippen molar-refractivity contribution in [1.82, 2.24) is 15.2 Å². The second kappa shape index (κ2) is 5.16. The molecule has 2 rings (SSSR count). The fraction of sp³-hybridized carbons (Fsp3) is 0.667. The third-order valence-electron chi connectivity index (χ3n) is 2.49. The molecular formula is C9H14N4OS. The van der Waals surface area contributed by atoms with E-state index in [0.29, 0.717) is 18.3 Å². The molecule has 0 bridgehead atoms. The third kappa shape index (κ3) is 3.23. The molecule has 1 fully saturated rings. The number of hydrogen-bond acceptors (Lipinski definition) is 4. The smallest absolute Gasteiger partial charge is 0.226 e. The topological polar surface area (TPSA) is 70.7 Å². The molecule has 0 unspecified atom stereocenters. The lowest BCUT2D eigenvalue weighted by Crippen LogP contribution is -2.20. The van der Waals surface area contributed by atoms with Gasteiger partial charge in [0.1, 0.15) is 6.33 Å². The maximum Gasteiger partial charge on any atom is 0.226 e. The zero-order chi connectivity index (χ0) is 10.5. The van der Waals surface area contributed by atoms with Crippen molar-refractivity contribution in [2.45, 2.75) is 19.3 Å². The van der Waals surface area contributed by atoms with E-state index < -0.39 is 0 Å². The average molecular weight is 226 g/mol. The number of nitrogens with one attached hydrogen (secondary N) is 2. The zero-order valence-corrected chi connectivity index (χ0v) is 9.22. The molecule has 1 aliphatic heterocycles. The first-order chi connectivity index (χ1) is 7.34. The molecule has 1 aromatic rings. The van der Waals surface area contributed by atoms with E-state index in [2.05, 4.69) is 20.5 Å². The van der Waals surface area contributed by atoms with Crippen LogP contribution in [0, 0.1) is 5.92 Å². The molecule has 0 atom stereocenters. The Labute approximate surface area is 92.4 Å². The van der Waals surface area contributed by atoms with E-state index in [-0.39, 0.29) is 5.91 Å². The van der Waals surface area contributed by atoms with Crippen LogP contribution in [-0.4, -0.2) is 32.6 Å². The molecule has 1 aliphatic rings. The fourth-order valence-corrected chi connectivity index (χ4v) is 2.87. The highest BCUT2D eigenvalue weighted by molar-refractivity contribution is 7.99. The minimum absolute atomic E-state index is 0.0312. The Balaban J connectivity index is 1.76. The summed E-state index contributed by atoms with van der Waals surface area (Å²) in [6.07, 6.45) is 4.27. The minimum Gasteiger partial charge on any atom is -0.295 e. The van der Waals surface area contributed by atoms with Crippen molar-refractivity contribution in [1.29, 1.82) is 0 Å². The largest absolute Gasteiger partial charge is 0.295 e. The Morgan fingerprint density at radius 2 is 2.40 bits per heavy atom. The molecule has 0 spiro atoms. The van der Waals surface area contributed by atoms with Crippen molar-refractivity contribution >= 4 is 23.6 Å². The van der Waals surface area contributed by atoms with Gasteiger partial charge in [-0.05, 0) is 30.3 Å². The average Bonchev–Trinajstić information content (AvgIpc) is 2.71. The van der Waals surface area contributed by atoms with Crippen LogP contribution in [0.4, 0.5) is 5.95 Å². The number of amides is 1. The van der Waals surface area contributed by atoms with Gasteiger partial charge in [0.2, 0.25) is 11.9 Å². The van der Waals surface area contributed by atoms with Gasteiger partial charge in [-0.3, -0.25) is 10.1 Å². The van der Waals surface area contributed by atoms with Gasteiger partial charge in [-0.25, -0.2) is 5.10 Å². The molecule has 15 heavy (non-hydrogen) atoms. The number of carbonyl (C=O) groups is 1. The maximum atomic E-state index is 11.6. The highest BCUT2D eigenvalue weighted by atomic mass is 32.2. The van der Waals surface area contributed by atoms with E-state index in [9.17, 15) is 4.79 Å². The lowest BCUT2D eigenvalue weighted by atomic mass is 9.98. The monoisotopic (exact) mass is 226 g/mol. The Morgan fingerprint density at radius 3 is 3.07 bits per heavy atom. The molecule has 2 N–H and O–H groups in total. The van der Waals surface area contributed by atoms with Gasteiger partial charge in [0, 0.05) is 6.42 Å². The van der Waals surface area contributed by atoms with Gasteiger partial charge < -0.3 is 0 Å². The fourth-order valence-electron chi connectivity index (χ4n) is 1.66. The van der Waals surface area contributed by atoms with Crippen LogP contribution in [0.25, 0.3) is 0 Å². The first-order valence-electron chi connectivity index (χ1n) is 5.07. The molecule has 1 amide bonds. The van der Waals surface area contributed by atoms with Crippen molar-refractivity contribution in [2.75, 3.05) is 16.8 Å². The summed E-state index contributed by atoms with van der Waals surface area (Å²) >= 11 is 1.97. The maximum absolute atomic E-state index is 11.6. The van der Waals surface area contributed by atoms with Gasteiger partial charge >= 0.3 is 0 Å². The number of H-pyrrole nitrogens is 1. The van der Waals surface area contributed by atoms with Gasteiger partial charge in [-0.15, -0.1) is 0 Å². The van der Waals surface area contributed by atoms with Crippen molar-refractivity contribution in [3.63, 3.8) is 0 Å². The van der Waals surface area contributed by atoms with Crippen LogP contribution in [0.5, 0.6) is 0 Å². The number of carbonyl (C=O) groups excluding carboxylic acids is 1. The van der Waals surface area contributed by atoms with Gasteiger partial charge in [0.05, 0.1) is 0 Å². The summed E-state index contributed by atoms with van der Waals surface area (Å²) in [5.74, 6) is 3.36. The predicted octanol–water partition coefficient (Wildman–Crippen LogP) is 1.28. The number of aromatic nitrogens is 3. The molecule has 0 radical (unpaired) electrons. The normalized spacial score (nSPS) is 17.6. The lowest BCUT2D eigenvalue weighted by Gasteiger charge is -2.20. The summed E-state index contributed by atoms with van der Waals surface area (Å²) in [6.45, 7) is 0. The molecule has 2 heterocycles. The number of hydrogen-bond donors (Lipinski definition) is 2. The summed E-state index contributed by atoms with van der Waals surface area (Å²) in [7, 11) is 0. The zero-order valence-electron chi connectivity index (χ0n) is 8.40. The molecule has 5 nitrogen and oxygen atoms in total. The van der Waals surface area contributed by atoms with E-state index in [1.54, 1.807) is 0 Å². The third-order valence-corrected chi connectivity index (χ3v) is 3.54. The van der Waals surface area contributed by atoms with E-state index >= 15 is 0 Å². The van der Waals surface area contributed by atoms with Crippen LogP contribution >= 0.6 is 11.8 Å². The van der Waals surface area contributed by atoms with Crippen LogP contribution in [0.15, 0.2) is 6.33 Å². The summed E-state index contributed by atoms with van der Waals surface area (Å²) in [5, 5.41) is 8.97. The molecule has 1 saturated heterocycles. The van der Waals surface area contributed by atoms with Gasteiger partial charge in [0.25, 0.3) is 0 Å². The number of rotatable bonds is 3. The first-order valence-corrected chi connectivity index (χ1v) is 6.23. The molecule has 0 aliphatic carbocycles. The van der Waals surface area contributed by atoms with E-state index in [0.717, 1.165) is 12.8 Å². The second-order valence-corrected chi connectivity index (χ2v) is 4.87. The minimum atomic E-state index is 0.0312. The lowest BCUT2D eigenvalue weighted by molar-refractivity contribution is -0.117. The predicted molar refractivity (Wildman–Crippen MR) is 59.7 cm³/mol. The summed E-state index contributed by atoms with van der Waals surface area (Å²) < 4.78 is 0. The van der Waals surface area contributed by atoms with Crippen molar-refractivity contribution in [2.24, 2.45) is 5.92 Å². The van der Waals surface area contributed by atoms with Crippen LogP contribution in [-0.2, 0) is 4.79 Å². The van der Waals surface area contributed by atoms with E-state index in [1.165, 1.54) is 17.8 Å². The molecule has 82 valence electrons. The highest BCUT2D eigenvalue weighted by Crippen LogP contribution is 2.25. The molecule has 0 saturated carbocycles. The number of anilines is 1. The molecule has 0 aromatic carbocycles. The SMILES string of the molecule is O=C(CC1CCSCC1)Nc1ncn[nH]1. The number of aromatic amines is 1. The van der Waals surface area contributed by atoms with E-state index in [4.69, 9.17) is 0 Å². The molecule has 6 heteroatoms. The summed E-state index contributed by atoms with van der Waals surface area (Å²) in [4.78, 5) is 15.4. The van der Waals surface area contributed by atoms with Gasteiger partial charge in [-0.2, -0.15) is 21.8 Å². The number of nitrogens with zero attached hydrogens (tertiary/aromatic N) is 2. The quantitative estimate of drug-likeness (QED) is 0.814. The second-order valence-electron chi connectivity index (χ2n) is 3.64. The summed E-state index contributed by atoms with van der Waals surface area (Å²) in [6, 6.07) is 0. The Hall–Kier alpha value is -1.04. The van der Waals surface area contributed by atoms with E-state index in [1.807, 2.05) is 11.8 Å². The first kappa shape index (κ1) is 10.5. The molecule has 1 aromatic heterocycles. The van der Waals surface area contributed by atoms with Crippen LogP contribution in [0.1, 0.15) is 19.3 Å². The number of thioether (sulfide) groups is 1. The van der Waals surface area contributed by atoms with Crippen molar-refractivity contribution < 1.29 is 4.79 Å². The Bertz CT molecular complexity index is 308. The molecular weight excluding hydrogens is 212 g/mol. The standard InChI is InChI=1S/C9H14N4OS/c14-8(12-9-10-6-11-13-9)5-7-1-3-15-4-2-7/h6-7H,1-5H2,(H2,10,11,12,13,14). The van der Waals surface area contributed by atoms with Gasteiger partial charge in [0.15, 0.2) is 0 Å². The summed E-state index contributed by atoms with van der Waals surface area (Å²) in [5.41, 5.74) is 0.